The summed E-state index contributed by atoms with van der Waals surface area (Å²) in [5.74, 6) is 0.963. The minimum absolute atomic E-state index is 0.169. The molecule has 0 aliphatic rings. The molecular weight excluding hydrogens is 236 g/mol. The Kier molecular flexibility index (Phi) is 4.47. The molecule has 2 heterocycles. The second-order valence-corrected chi connectivity index (χ2v) is 4.92. The molecule has 2 rings (SSSR count). The summed E-state index contributed by atoms with van der Waals surface area (Å²) in [5.41, 5.74) is 8.18. The topological polar surface area (TPSA) is 55.0 Å². The smallest absolute Gasteiger partial charge is 0.128 e. The van der Waals surface area contributed by atoms with Gasteiger partial charge in [-0.05, 0) is 42.7 Å². The third-order valence-corrected chi connectivity index (χ3v) is 2.93. The minimum atomic E-state index is 0.169. The molecule has 100 valence electrons. The van der Waals surface area contributed by atoms with Crippen molar-refractivity contribution in [1.82, 2.24) is 9.97 Å². The Hall–Kier alpha value is -1.94. The molecular formula is C15H20N4. The molecule has 0 amide bonds. The van der Waals surface area contributed by atoms with Crippen LogP contribution >= 0.6 is 0 Å². The van der Waals surface area contributed by atoms with E-state index in [1.54, 1.807) is 0 Å². The van der Waals surface area contributed by atoms with Gasteiger partial charge in [0.05, 0.1) is 0 Å². The van der Waals surface area contributed by atoms with Crippen LogP contribution in [-0.4, -0.2) is 23.1 Å². The zero-order chi connectivity index (χ0) is 13.7. The highest BCUT2D eigenvalue weighted by atomic mass is 15.2. The first-order chi connectivity index (χ1) is 9.15. The van der Waals surface area contributed by atoms with Crippen LogP contribution in [-0.2, 0) is 13.0 Å². The second-order valence-electron chi connectivity index (χ2n) is 4.92. The number of nitrogens with zero attached hydrogens (tertiary/aromatic N) is 3. The predicted molar refractivity (Wildman–Crippen MR) is 77.9 cm³/mol. The predicted octanol–water partition coefficient (Wildman–Crippen LogP) is 2.00. The lowest BCUT2D eigenvalue weighted by Crippen LogP contribution is -2.19. The van der Waals surface area contributed by atoms with Gasteiger partial charge in [-0.3, -0.25) is 4.98 Å². The Morgan fingerprint density at radius 2 is 1.89 bits per heavy atom. The summed E-state index contributed by atoms with van der Waals surface area (Å²) < 4.78 is 0. The zero-order valence-electron chi connectivity index (χ0n) is 11.5. The van der Waals surface area contributed by atoms with Crippen molar-refractivity contribution in [3.05, 3.63) is 54.0 Å². The van der Waals surface area contributed by atoms with Gasteiger partial charge in [0.15, 0.2) is 0 Å². The highest BCUT2D eigenvalue weighted by Gasteiger charge is 2.04. The number of pyridine rings is 2. The van der Waals surface area contributed by atoms with Gasteiger partial charge in [0.2, 0.25) is 0 Å². The van der Waals surface area contributed by atoms with Crippen LogP contribution < -0.4 is 10.6 Å². The normalized spacial score (nSPS) is 12.2. The fourth-order valence-corrected chi connectivity index (χ4v) is 1.98. The SMILES string of the molecule is CC(N)Cc1ccc(N(C)Cc2ccncc2)nc1. The van der Waals surface area contributed by atoms with E-state index in [2.05, 4.69) is 20.9 Å². The number of anilines is 1. The van der Waals surface area contributed by atoms with Crippen molar-refractivity contribution in [2.75, 3.05) is 11.9 Å². The molecule has 0 radical (unpaired) electrons. The first kappa shape index (κ1) is 13.5. The van der Waals surface area contributed by atoms with Gasteiger partial charge in [-0.2, -0.15) is 0 Å². The summed E-state index contributed by atoms with van der Waals surface area (Å²) in [6.45, 7) is 2.83. The molecule has 2 aromatic heterocycles. The van der Waals surface area contributed by atoms with E-state index in [0.29, 0.717) is 0 Å². The van der Waals surface area contributed by atoms with Crippen LogP contribution in [0.1, 0.15) is 18.1 Å². The molecule has 0 aliphatic carbocycles. The summed E-state index contributed by atoms with van der Waals surface area (Å²) in [4.78, 5) is 10.6. The summed E-state index contributed by atoms with van der Waals surface area (Å²) in [7, 11) is 2.04. The molecule has 4 nitrogen and oxygen atoms in total. The van der Waals surface area contributed by atoms with Crippen molar-refractivity contribution in [2.45, 2.75) is 25.9 Å². The van der Waals surface area contributed by atoms with Gasteiger partial charge < -0.3 is 10.6 Å². The maximum absolute atomic E-state index is 5.78. The Balaban J connectivity index is 2.01. The second kappa shape index (κ2) is 6.29. The molecule has 0 saturated carbocycles. The molecule has 0 aliphatic heterocycles. The molecule has 0 spiro atoms. The molecule has 1 atom stereocenters. The van der Waals surface area contributed by atoms with Gasteiger partial charge in [-0.1, -0.05) is 6.07 Å². The molecule has 19 heavy (non-hydrogen) atoms. The molecule has 4 heteroatoms. The molecule has 1 unspecified atom stereocenters. The van der Waals surface area contributed by atoms with Crippen LogP contribution in [0.5, 0.6) is 0 Å². The van der Waals surface area contributed by atoms with Gasteiger partial charge in [-0.15, -0.1) is 0 Å². The van der Waals surface area contributed by atoms with Crippen LogP contribution in [0.25, 0.3) is 0 Å². The van der Waals surface area contributed by atoms with E-state index in [9.17, 15) is 0 Å². The average molecular weight is 256 g/mol. The van der Waals surface area contributed by atoms with Crippen LogP contribution in [0.15, 0.2) is 42.9 Å². The number of aromatic nitrogens is 2. The first-order valence-corrected chi connectivity index (χ1v) is 6.45. The molecule has 2 aromatic rings. The number of hydrogen-bond donors (Lipinski definition) is 1. The van der Waals surface area contributed by atoms with Crippen molar-refractivity contribution in [1.29, 1.82) is 0 Å². The number of rotatable bonds is 5. The summed E-state index contributed by atoms with van der Waals surface area (Å²) in [6, 6.07) is 8.33. The molecule has 0 fully saturated rings. The highest BCUT2D eigenvalue weighted by molar-refractivity contribution is 5.39. The van der Waals surface area contributed by atoms with Crippen LogP contribution in [0, 0.1) is 0 Å². The highest BCUT2D eigenvalue weighted by Crippen LogP contribution is 2.13. The Morgan fingerprint density at radius 3 is 2.47 bits per heavy atom. The Bertz CT molecular complexity index is 493. The van der Waals surface area contributed by atoms with Gasteiger partial charge >= 0.3 is 0 Å². The summed E-state index contributed by atoms with van der Waals surface area (Å²) in [5, 5.41) is 0. The van der Waals surface area contributed by atoms with E-state index in [0.717, 1.165) is 18.8 Å². The molecule has 0 bridgehead atoms. The summed E-state index contributed by atoms with van der Waals surface area (Å²) in [6.07, 6.45) is 6.38. The molecule has 0 saturated heterocycles. The van der Waals surface area contributed by atoms with Crippen molar-refractivity contribution in [3.8, 4) is 0 Å². The maximum Gasteiger partial charge on any atom is 0.128 e. The fraction of sp³-hybridized carbons (Fsp3) is 0.333. The van der Waals surface area contributed by atoms with Crippen LogP contribution in [0.4, 0.5) is 5.82 Å². The van der Waals surface area contributed by atoms with Crippen LogP contribution in [0.2, 0.25) is 0 Å². The standard InChI is InChI=1S/C15H20N4/c1-12(16)9-14-3-4-15(18-10-14)19(2)11-13-5-7-17-8-6-13/h3-8,10,12H,9,11,16H2,1-2H3. The lowest BCUT2D eigenvalue weighted by Gasteiger charge is -2.18. The fourth-order valence-electron chi connectivity index (χ4n) is 1.98. The minimum Gasteiger partial charge on any atom is -0.355 e. The molecule has 2 N–H and O–H groups in total. The largest absolute Gasteiger partial charge is 0.355 e. The van der Waals surface area contributed by atoms with Gasteiger partial charge in [-0.25, -0.2) is 4.98 Å². The quantitative estimate of drug-likeness (QED) is 0.889. The van der Waals surface area contributed by atoms with Gasteiger partial charge in [0.1, 0.15) is 5.82 Å². The monoisotopic (exact) mass is 256 g/mol. The van der Waals surface area contributed by atoms with Crippen LogP contribution in [0.3, 0.4) is 0 Å². The van der Waals surface area contributed by atoms with Crippen molar-refractivity contribution in [2.24, 2.45) is 5.73 Å². The summed E-state index contributed by atoms with van der Waals surface area (Å²) >= 11 is 0. The van der Waals surface area contributed by atoms with Crippen molar-refractivity contribution >= 4 is 5.82 Å². The third kappa shape index (κ3) is 4.03. The van der Waals surface area contributed by atoms with E-state index < -0.39 is 0 Å². The zero-order valence-corrected chi connectivity index (χ0v) is 11.5. The Morgan fingerprint density at radius 1 is 1.16 bits per heavy atom. The van der Waals surface area contributed by atoms with E-state index in [-0.39, 0.29) is 6.04 Å². The lowest BCUT2D eigenvalue weighted by atomic mass is 10.1. The molecule has 0 aromatic carbocycles. The van der Waals surface area contributed by atoms with Crippen molar-refractivity contribution < 1.29 is 0 Å². The van der Waals surface area contributed by atoms with E-state index in [4.69, 9.17) is 5.73 Å². The third-order valence-electron chi connectivity index (χ3n) is 2.93. The number of nitrogens with two attached hydrogens (primary N) is 1. The van der Waals surface area contributed by atoms with Gasteiger partial charge in [0.25, 0.3) is 0 Å². The lowest BCUT2D eigenvalue weighted by molar-refractivity contribution is 0.735. The van der Waals surface area contributed by atoms with Gasteiger partial charge in [0, 0.05) is 38.2 Å². The average Bonchev–Trinajstić information content (AvgIpc) is 2.40. The first-order valence-electron chi connectivity index (χ1n) is 6.45. The van der Waals surface area contributed by atoms with E-state index in [1.807, 2.05) is 50.8 Å². The van der Waals surface area contributed by atoms with Crippen molar-refractivity contribution in [3.63, 3.8) is 0 Å². The maximum atomic E-state index is 5.78. The van der Waals surface area contributed by atoms with E-state index in [1.165, 1.54) is 11.1 Å². The Labute approximate surface area is 114 Å². The number of hydrogen-bond acceptors (Lipinski definition) is 4. The van der Waals surface area contributed by atoms with E-state index >= 15 is 0 Å².